The highest BCUT2D eigenvalue weighted by Crippen LogP contribution is 2.23. The molecule has 1 aromatic heterocycles. The smallest absolute Gasteiger partial charge is 0.256 e. The van der Waals surface area contributed by atoms with Gasteiger partial charge in [0.25, 0.3) is 5.91 Å². The molecule has 0 unspecified atom stereocenters. The van der Waals surface area contributed by atoms with Crippen LogP contribution in [0.3, 0.4) is 0 Å². The van der Waals surface area contributed by atoms with Crippen LogP contribution in [0.25, 0.3) is 10.9 Å². The van der Waals surface area contributed by atoms with E-state index in [0.29, 0.717) is 25.2 Å². The summed E-state index contributed by atoms with van der Waals surface area (Å²) in [6, 6.07) is 4.57. The molecular formula is C22H31N3O6S. The minimum Gasteiger partial charge on any atom is -0.354 e. The van der Waals surface area contributed by atoms with Crippen molar-refractivity contribution in [2.24, 2.45) is 0 Å². The van der Waals surface area contributed by atoms with E-state index in [1.54, 1.807) is 10.6 Å². The topological polar surface area (TPSA) is 107 Å². The van der Waals surface area contributed by atoms with Crippen molar-refractivity contribution < 1.29 is 22.7 Å². The molecule has 1 aromatic carbocycles. The number of rotatable bonds is 8. The van der Waals surface area contributed by atoms with E-state index in [1.807, 2.05) is 6.92 Å². The van der Waals surface area contributed by atoms with Gasteiger partial charge in [-0.3, -0.25) is 9.59 Å². The molecule has 1 saturated heterocycles. The highest BCUT2D eigenvalue weighted by molar-refractivity contribution is 7.89. The largest absolute Gasteiger partial charge is 0.354 e. The number of carbonyl (C=O) groups is 1. The van der Waals surface area contributed by atoms with E-state index in [2.05, 4.69) is 5.32 Å². The fourth-order valence-corrected chi connectivity index (χ4v) is 5.47. The number of aromatic nitrogens is 1. The minimum atomic E-state index is -3.72. The van der Waals surface area contributed by atoms with Gasteiger partial charge in [0, 0.05) is 45.4 Å². The van der Waals surface area contributed by atoms with Crippen molar-refractivity contribution in [1.29, 1.82) is 0 Å². The number of pyridine rings is 1. The number of sulfonamides is 1. The number of aryl methyl sites for hydroxylation is 1. The number of hydrogen-bond donors (Lipinski definition) is 1. The predicted octanol–water partition coefficient (Wildman–Crippen LogP) is 1.93. The lowest BCUT2D eigenvalue weighted by Crippen LogP contribution is -2.36. The fourth-order valence-electron chi connectivity index (χ4n) is 3.93. The molecule has 1 aliphatic heterocycles. The molecule has 0 bridgehead atoms. The number of nitrogens with zero attached hydrogens (tertiary/aromatic N) is 2. The molecule has 2 heterocycles. The van der Waals surface area contributed by atoms with E-state index in [-0.39, 0.29) is 22.4 Å². The van der Waals surface area contributed by atoms with Gasteiger partial charge in [0.05, 0.1) is 17.0 Å². The van der Waals surface area contributed by atoms with E-state index < -0.39 is 27.6 Å². The van der Waals surface area contributed by atoms with E-state index in [4.69, 9.17) is 9.47 Å². The lowest BCUT2D eigenvalue weighted by atomic mass is 10.1. The maximum absolute atomic E-state index is 13.2. The number of benzene rings is 1. The summed E-state index contributed by atoms with van der Waals surface area (Å²) in [4.78, 5) is 26.0. The van der Waals surface area contributed by atoms with Crippen LogP contribution in [0, 0.1) is 0 Å². The van der Waals surface area contributed by atoms with Gasteiger partial charge in [-0.2, -0.15) is 4.31 Å². The van der Waals surface area contributed by atoms with Crippen LogP contribution in [-0.2, 0) is 26.0 Å². The average molecular weight is 466 g/mol. The van der Waals surface area contributed by atoms with Gasteiger partial charge in [-0.15, -0.1) is 0 Å². The third-order valence-corrected chi connectivity index (χ3v) is 7.69. The van der Waals surface area contributed by atoms with Crippen molar-refractivity contribution in [3.05, 3.63) is 40.2 Å². The third-order valence-electron chi connectivity index (χ3n) is 5.79. The zero-order valence-electron chi connectivity index (χ0n) is 18.8. The summed E-state index contributed by atoms with van der Waals surface area (Å²) in [7, 11) is -0.821. The van der Waals surface area contributed by atoms with Crippen LogP contribution in [-0.4, -0.2) is 63.3 Å². The maximum atomic E-state index is 13.2. The second kappa shape index (κ2) is 10.6. The average Bonchev–Trinajstić information content (AvgIpc) is 3.10. The summed E-state index contributed by atoms with van der Waals surface area (Å²) >= 11 is 0. The van der Waals surface area contributed by atoms with Crippen molar-refractivity contribution in [3.8, 4) is 0 Å². The first-order chi connectivity index (χ1) is 15.3. The van der Waals surface area contributed by atoms with Gasteiger partial charge in [0.15, 0.2) is 6.29 Å². The zero-order chi connectivity index (χ0) is 23.3. The number of methoxy groups -OCH3 is 2. The molecule has 1 amide bonds. The molecule has 1 fully saturated rings. The zero-order valence-corrected chi connectivity index (χ0v) is 19.6. The molecule has 3 rings (SSSR count). The Morgan fingerprint density at radius 1 is 1.12 bits per heavy atom. The summed E-state index contributed by atoms with van der Waals surface area (Å²) in [5.74, 6) is -0.570. The van der Waals surface area contributed by atoms with Gasteiger partial charge >= 0.3 is 0 Å². The standard InChI is InChI=1S/C22H31N3O6S/c1-4-24-15-18(22(27)23-14-20(30-2)31-3)21(26)17-13-16(9-10-19(17)24)32(28,29)25-11-7-5-6-8-12-25/h9-10,13,15,20H,4-8,11-12,14H2,1-3H3,(H,23,27). The van der Waals surface area contributed by atoms with Crippen molar-refractivity contribution in [3.63, 3.8) is 0 Å². The molecule has 0 aliphatic carbocycles. The van der Waals surface area contributed by atoms with Gasteiger partial charge in [0.2, 0.25) is 15.5 Å². The number of hydrogen-bond acceptors (Lipinski definition) is 6. The van der Waals surface area contributed by atoms with Gasteiger partial charge in [-0.1, -0.05) is 12.8 Å². The van der Waals surface area contributed by atoms with Crippen LogP contribution in [0.1, 0.15) is 43.0 Å². The van der Waals surface area contributed by atoms with E-state index in [9.17, 15) is 18.0 Å². The number of nitrogens with one attached hydrogen (secondary N) is 1. The SMILES string of the molecule is CCn1cc(C(=O)NCC(OC)OC)c(=O)c2cc(S(=O)(=O)N3CCCCCC3)ccc21. The van der Waals surface area contributed by atoms with Gasteiger partial charge < -0.3 is 19.4 Å². The van der Waals surface area contributed by atoms with Crippen LogP contribution >= 0.6 is 0 Å². The molecule has 0 spiro atoms. The third kappa shape index (κ3) is 5.03. The van der Waals surface area contributed by atoms with E-state index in [0.717, 1.165) is 25.7 Å². The second-order valence-corrected chi connectivity index (χ2v) is 9.70. The Hall–Kier alpha value is -2.27. The molecule has 9 nitrogen and oxygen atoms in total. The number of ether oxygens (including phenoxy) is 2. The first-order valence-corrected chi connectivity index (χ1v) is 12.3. The number of fused-ring (bicyclic) bond motifs is 1. The Morgan fingerprint density at radius 2 is 1.78 bits per heavy atom. The Kier molecular flexibility index (Phi) is 8.05. The predicted molar refractivity (Wildman–Crippen MR) is 121 cm³/mol. The van der Waals surface area contributed by atoms with Crippen LogP contribution < -0.4 is 10.7 Å². The molecule has 10 heteroatoms. The molecule has 176 valence electrons. The molecule has 0 saturated carbocycles. The van der Waals surface area contributed by atoms with Crippen LogP contribution in [0.4, 0.5) is 0 Å². The van der Waals surface area contributed by atoms with Crippen molar-refractivity contribution in [2.45, 2.75) is 50.3 Å². The molecular weight excluding hydrogens is 434 g/mol. The summed E-state index contributed by atoms with van der Waals surface area (Å²) in [6.45, 7) is 3.41. The number of carbonyl (C=O) groups excluding carboxylic acids is 1. The summed E-state index contributed by atoms with van der Waals surface area (Å²) in [5, 5.41) is 2.83. The van der Waals surface area contributed by atoms with Crippen LogP contribution in [0.15, 0.2) is 34.1 Å². The monoisotopic (exact) mass is 465 g/mol. The molecule has 1 aliphatic rings. The summed E-state index contributed by atoms with van der Waals surface area (Å²) in [6.07, 6.45) is 4.52. The first-order valence-electron chi connectivity index (χ1n) is 10.8. The van der Waals surface area contributed by atoms with Crippen molar-refractivity contribution >= 4 is 26.8 Å². The van der Waals surface area contributed by atoms with Gasteiger partial charge in [-0.05, 0) is 38.0 Å². The first kappa shape index (κ1) is 24.4. The highest BCUT2D eigenvalue weighted by Gasteiger charge is 2.26. The van der Waals surface area contributed by atoms with Crippen molar-refractivity contribution in [1.82, 2.24) is 14.2 Å². The quantitative estimate of drug-likeness (QED) is 0.597. The Bertz CT molecular complexity index is 1120. The second-order valence-electron chi connectivity index (χ2n) is 7.77. The molecule has 32 heavy (non-hydrogen) atoms. The lowest BCUT2D eigenvalue weighted by molar-refractivity contribution is -0.0974. The summed E-state index contributed by atoms with van der Waals surface area (Å²) < 4.78 is 39.8. The Balaban J connectivity index is 2.03. The molecule has 2 aromatic rings. The van der Waals surface area contributed by atoms with Gasteiger partial charge in [0.1, 0.15) is 5.56 Å². The highest BCUT2D eigenvalue weighted by atomic mass is 32.2. The fraction of sp³-hybridized carbons (Fsp3) is 0.545. The molecule has 0 radical (unpaired) electrons. The maximum Gasteiger partial charge on any atom is 0.256 e. The van der Waals surface area contributed by atoms with E-state index in [1.165, 1.54) is 36.9 Å². The number of amides is 1. The van der Waals surface area contributed by atoms with Gasteiger partial charge in [-0.25, -0.2) is 8.42 Å². The van der Waals surface area contributed by atoms with Crippen LogP contribution in [0.5, 0.6) is 0 Å². The molecule has 0 atom stereocenters. The summed E-state index contributed by atoms with van der Waals surface area (Å²) in [5.41, 5.74) is 0.00616. The Morgan fingerprint density at radius 3 is 2.38 bits per heavy atom. The normalized spacial score (nSPS) is 15.8. The minimum absolute atomic E-state index is 0.0605. The Labute approximate surface area is 188 Å². The van der Waals surface area contributed by atoms with Crippen LogP contribution in [0.2, 0.25) is 0 Å². The lowest BCUT2D eigenvalue weighted by Gasteiger charge is -2.20. The van der Waals surface area contributed by atoms with Crippen molar-refractivity contribution in [2.75, 3.05) is 33.9 Å². The molecule has 1 N–H and O–H groups in total. The van der Waals surface area contributed by atoms with E-state index >= 15 is 0 Å².